The van der Waals surface area contributed by atoms with Crippen LogP contribution in [0.5, 0.6) is 0 Å². The van der Waals surface area contributed by atoms with Gasteiger partial charge in [0, 0.05) is 41.9 Å². The van der Waals surface area contributed by atoms with E-state index in [4.69, 9.17) is 16.3 Å². The van der Waals surface area contributed by atoms with Crippen molar-refractivity contribution in [3.05, 3.63) is 76.2 Å². The number of cyclic esters (lactones) is 1. The number of carbonyl (C=O) groups excluding carboxylic acids is 3. The maximum atomic E-state index is 14.9. The monoisotopic (exact) mass is 605 g/mol. The van der Waals surface area contributed by atoms with Gasteiger partial charge in [-0.1, -0.05) is 24.9 Å². The first-order valence-corrected chi connectivity index (χ1v) is 14.2. The maximum absolute atomic E-state index is 14.9. The van der Waals surface area contributed by atoms with E-state index in [2.05, 4.69) is 20.4 Å². The number of nitrogens with zero attached hydrogens (tertiary/aromatic N) is 3. The van der Waals surface area contributed by atoms with E-state index in [1.165, 1.54) is 19.2 Å². The first-order valence-electron chi connectivity index (χ1n) is 13.8. The van der Waals surface area contributed by atoms with E-state index in [9.17, 15) is 24.0 Å². The molecule has 222 valence electrons. The summed E-state index contributed by atoms with van der Waals surface area (Å²) >= 11 is 5.98. The molecule has 1 fully saturated rings. The van der Waals surface area contributed by atoms with Crippen LogP contribution in [-0.4, -0.2) is 41.6 Å². The van der Waals surface area contributed by atoms with Gasteiger partial charge in [-0.25, -0.2) is 14.0 Å². The second kappa shape index (κ2) is 12.7. The predicted octanol–water partition coefficient (Wildman–Crippen LogP) is 6.97. The van der Waals surface area contributed by atoms with Crippen LogP contribution in [0.15, 0.2) is 48.7 Å². The number of pyridine rings is 1. The van der Waals surface area contributed by atoms with Crippen LogP contribution in [0.4, 0.5) is 25.4 Å². The number of nitriles is 1. The van der Waals surface area contributed by atoms with Crippen LogP contribution in [0.3, 0.4) is 0 Å². The zero-order valence-electron chi connectivity index (χ0n) is 23.5. The van der Waals surface area contributed by atoms with Crippen molar-refractivity contribution < 1.29 is 28.2 Å². The topological polar surface area (TPSA) is 134 Å². The fraction of sp³-hybridized carbons (Fsp3) is 0.323. The number of anilines is 2. The normalized spacial score (nSPS) is 20.3. The standard InChI is InChI=1S/C31H29ClFN5O5/c1-17-4-3-5-25(38-13-11-26(43-31(38)41)27-19(16-34)6-9-22(32)28(27)33)18-10-12-35-23(14-18)21-8-7-20(36-30(40)42-2)15-24(21)37-29(17)39/h6-10,12,14-15,17,25-26H,3-5,11,13H2,1-2H3,(H,36,40)(H,37,39)/t17-,25+,26+/m1/s1. The van der Waals surface area contributed by atoms with Crippen molar-refractivity contribution in [3.8, 4) is 17.3 Å². The number of hydrogen-bond donors (Lipinski definition) is 2. The predicted molar refractivity (Wildman–Crippen MR) is 157 cm³/mol. The number of aromatic nitrogens is 1. The molecule has 3 amide bonds. The molecule has 0 saturated carbocycles. The lowest BCUT2D eigenvalue weighted by molar-refractivity contribution is -0.119. The third-order valence-corrected chi connectivity index (χ3v) is 8.07. The number of benzene rings is 2. The van der Waals surface area contributed by atoms with Crippen LogP contribution in [-0.2, 0) is 14.3 Å². The van der Waals surface area contributed by atoms with Gasteiger partial charge in [0.05, 0.1) is 41.2 Å². The van der Waals surface area contributed by atoms with Crippen LogP contribution in [0, 0.1) is 23.1 Å². The Morgan fingerprint density at radius 3 is 2.77 bits per heavy atom. The molecule has 12 heteroatoms. The van der Waals surface area contributed by atoms with Crippen LogP contribution in [0.1, 0.15) is 61.4 Å². The minimum absolute atomic E-state index is 0.0228. The van der Waals surface area contributed by atoms with E-state index in [0.29, 0.717) is 41.9 Å². The summed E-state index contributed by atoms with van der Waals surface area (Å²) < 4.78 is 25.4. The first kappa shape index (κ1) is 29.8. The fourth-order valence-electron chi connectivity index (χ4n) is 5.49. The van der Waals surface area contributed by atoms with Crippen molar-refractivity contribution in [1.29, 1.82) is 5.26 Å². The third-order valence-electron chi connectivity index (χ3n) is 7.78. The second-order valence-electron chi connectivity index (χ2n) is 10.5. The summed E-state index contributed by atoms with van der Waals surface area (Å²) in [7, 11) is 1.26. The Labute approximate surface area is 252 Å². The molecular formula is C31H29ClFN5O5. The molecule has 2 aliphatic heterocycles. The highest BCUT2D eigenvalue weighted by Gasteiger charge is 2.36. The Morgan fingerprint density at radius 1 is 1.21 bits per heavy atom. The van der Waals surface area contributed by atoms with E-state index >= 15 is 0 Å². The van der Waals surface area contributed by atoms with Crippen molar-refractivity contribution in [3.63, 3.8) is 0 Å². The zero-order valence-corrected chi connectivity index (χ0v) is 24.3. The molecule has 10 nitrogen and oxygen atoms in total. The fourth-order valence-corrected chi connectivity index (χ4v) is 5.65. The molecule has 2 bridgehead atoms. The van der Waals surface area contributed by atoms with Gasteiger partial charge in [-0.15, -0.1) is 0 Å². The van der Waals surface area contributed by atoms with E-state index in [-0.39, 0.29) is 40.9 Å². The van der Waals surface area contributed by atoms with Crippen LogP contribution < -0.4 is 10.6 Å². The third kappa shape index (κ3) is 6.24. The first-order chi connectivity index (χ1) is 20.7. The van der Waals surface area contributed by atoms with Crippen molar-refractivity contribution in [2.75, 3.05) is 24.3 Å². The summed E-state index contributed by atoms with van der Waals surface area (Å²) in [6.45, 7) is 2.08. The zero-order chi connectivity index (χ0) is 30.7. The Hall–Kier alpha value is -4.69. The lowest BCUT2D eigenvalue weighted by Gasteiger charge is -2.38. The molecular weight excluding hydrogens is 577 g/mol. The van der Waals surface area contributed by atoms with Crippen molar-refractivity contribution >= 4 is 41.1 Å². The number of carbonyl (C=O) groups is 3. The van der Waals surface area contributed by atoms with Gasteiger partial charge in [0.15, 0.2) is 0 Å². The van der Waals surface area contributed by atoms with Gasteiger partial charge < -0.3 is 19.7 Å². The molecule has 3 aromatic rings. The van der Waals surface area contributed by atoms with Crippen LogP contribution >= 0.6 is 11.6 Å². The van der Waals surface area contributed by atoms with E-state index in [1.54, 1.807) is 29.3 Å². The van der Waals surface area contributed by atoms with Crippen LogP contribution in [0.25, 0.3) is 11.3 Å². The highest BCUT2D eigenvalue weighted by atomic mass is 35.5. The molecule has 1 saturated heterocycles. The maximum Gasteiger partial charge on any atom is 0.411 e. The molecule has 2 aromatic carbocycles. The van der Waals surface area contributed by atoms with Crippen molar-refractivity contribution in [1.82, 2.24) is 9.88 Å². The average Bonchev–Trinajstić information content (AvgIpc) is 3.00. The lowest BCUT2D eigenvalue weighted by Crippen LogP contribution is -2.42. The highest BCUT2D eigenvalue weighted by Crippen LogP contribution is 2.39. The van der Waals surface area contributed by atoms with E-state index < -0.39 is 30.1 Å². The minimum Gasteiger partial charge on any atom is -0.453 e. The summed E-state index contributed by atoms with van der Waals surface area (Å²) in [5, 5.41) is 14.9. The molecule has 3 heterocycles. The summed E-state index contributed by atoms with van der Waals surface area (Å²) in [5.41, 5.74) is 2.93. The Balaban J connectivity index is 1.48. The van der Waals surface area contributed by atoms with Crippen LogP contribution in [0.2, 0.25) is 5.02 Å². The average molecular weight is 606 g/mol. The number of rotatable bonds is 3. The summed E-state index contributed by atoms with van der Waals surface area (Å²) in [4.78, 5) is 44.5. The SMILES string of the molecule is COC(=O)Nc1ccc2c(c1)NC(=O)[C@H](C)CCC[C@H](N1CC[C@@H](c3c(C#N)ccc(Cl)c3F)OC1=O)c1ccnc-2c1. The van der Waals surface area contributed by atoms with Gasteiger partial charge in [0.2, 0.25) is 5.91 Å². The summed E-state index contributed by atoms with van der Waals surface area (Å²) in [6.07, 6.45) is 1.38. The number of methoxy groups -OCH3 is 1. The quantitative estimate of drug-likeness (QED) is 0.329. The molecule has 0 radical (unpaired) electrons. The number of hydrogen-bond acceptors (Lipinski definition) is 7. The van der Waals surface area contributed by atoms with Gasteiger partial charge >= 0.3 is 12.2 Å². The molecule has 0 unspecified atom stereocenters. The molecule has 1 aromatic heterocycles. The summed E-state index contributed by atoms with van der Waals surface area (Å²) in [5.74, 6) is -1.31. The smallest absolute Gasteiger partial charge is 0.411 e. The Kier molecular flexibility index (Phi) is 8.78. The van der Waals surface area contributed by atoms with Gasteiger partial charge in [-0.3, -0.25) is 15.1 Å². The molecule has 3 atom stereocenters. The van der Waals surface area contributed by atoms with Gasteiger partial charge in [0.25, 0.3) is 0 Å². The number of fused-ring (bicyclic) bond motifs is 4. The number of halogens is 2. The molecule has 2 N–H and O–H groups in total. The molecule has 2 aliphatic rings. The van der Waals surface area contributed by atoms with E-state index in [0.717, 1.165) is 5.56 Å². The largest absolute Gasteiger partial charge is 0.453 e. The number of ether oxygens (including phenoxy) is 2. The minimum atomic E-state index is -0.959. The van der Waals surface area contributed by atoms with E-state index in [1.807, 2.05) is 25.1 Å². The second-order valence-corrected chi connectivity index (χ2v) is 10.9. The van der Waals surface area contributed by atoms with Crippen molar-refractivity contribution in [2.24, 2.45) is 5.92 Å². The molecule has 43 heavy (non-hydrogen) atoms. The molecule has 0 spiro atoms. The highest BCUT2D eigenvalue weighted by molar-refractivity contribution is 6.30. The molecule has 5 rings (SSSR count). The Bertz CT molecular complexity index is 1630. The number of amides is 3. The van der Waals surface area contributed by atoms with Gasteiger partial charge in [-0.05, 0) is 60.9 Å². The van der Waals surface area contributed by atoms with Gasteiger partial charge in [-0.2, -0.15) is 5.26 Å². The lowest BCUT2D eigenvalue weighted by atomic mass is 9.93. The number of nitrogens with one attached hydrogen (secondary N) is 2. The summed E-state index contributed by atoms with van der Waals surface area (Å²) in [6, 6.07) is 13.0. The van der Waals surface area contributed by atoms with Crippen molar-refractivity contribution in [2.45, 2.75) is 44.8 Å². The Morgan fingerprint density at radius 2 is 2.02 bits per heavy atom. The molecule has 0 aliphatic carbocycles. The van der Waals surface area contributed by atoms with Gasteiger partial charge in [0.1, 0.15) is 11.9 Å².